The molecule has 0 aliphatic rings. The summed E-state index contributed by atoms with van der Waals surface area (Å²) in [5.41, 5.74) is 1.57. The maximum atomic E-state index is 12.4. The highest BCUT2D eigenvalue weighted by Crippen LogP contribution is 2.19. The molecule has 0 aromatic carbocycles. The number of fused-ring (bicyclic) bond motifs is 1. The van der Waals surface area contributed by atoms with Gasteiger partial charge in [0.1, 0.15) is 6.33 Å². The lowest BCUT2D eigenvalue weighted by Gasteiger charge is -2.12. The van der Waals surface area contributed by atoms with Crippen molar-refractivity contribution in [2.45, 2.75) is 19.8 Å². The Balaban J connectivity index is 2.85. The van der Waals surface area contributed by atoms with E-state index in [2.05, 4.69) is 20.4 Å². The van der Waals surface area contributed by atoms with E-state index in [1.807, 2.05) is 13.8 Å². The summed E-state index contributed by atoms with van der Waals surface area (Å²) in [7, 11) is 1.74. The van der Waals surface area contributed by atoms with Crippen LogP contribution in [0.5, 0.6) is 0 Å². The van der Waals surface area contributed by atoms with Gasteiger partial charge in [0.05, 0.1) is 5.69 Å². The molecule has 3 N–H and O–H groups in total. The molecule has 0 saturated carbocycles. The van der Waals surface area contributed by atoms with E-state index in [9.17, 15) is 4.79 Å². The van der Waals surface area contributed by atoms with Crippen molar-refractivity contribution in [2.24, 2.45) is 0 Å². The highest BCUT2D eigenvalue weighted by molar-refractivity contribution is 6.08. The van der Waals surface area contributed by atoms with E-state index in [1.165, 1.54) is 17.1 Å². The van der Waals surface area contributed by atoms with E-state index < -0.39 is 0 Å². The second-order valence-electron chi connectivity index (χ2n) is 4.40. The van der Waals surface area contributed by atoms with Crippen LogP contribution in [0.3, 0.4) is 0 Å². The molecular weight excluding hydrogens is 244 g/mol. The van der Waals surface area contributed by atoms with Crippen LogP contribution in [0.1, 0.15) is 31.0 Å². The lowest BCUT2D eigenvalue weighted by atomic mass is 9.99. The molecule has 0 spiro atoms. The van der Waals surface area contributed by atoms with E-state index >= 15 is 0 Å². The summed E-state index contributed by atoms with van der Waals surface area (Å²) >= 11 is 0. The largest absolute Gasteiger partial charge is 0.393 e. The van der Waals surface area contributed by atoms with Crippen LogP contribution in [-0.4, -0.2) is 32.8 Å². The minimum atomic E-state index is -0.208. The molecular formula is C12H16N6O. The highest BCUT2D eigenvalue weighted by Gasteiger charge is 2.18. The molecule has 0 aliphatic heterocycles. The topological polar surface area (TPSA) is 98.9 Å². The summed E-state index contributed by atoms with van der Waals surface area (Å²) in [6.07, 6.45) is 4.19. The quantitative estimate of drug-likeness (QED) is 0.706. The predicted molar refractivity (Wildman–Crippen MR) is 73.5 cm³/mol. The monoisotopic (exact) mass is 260 g/mol. The minimum Gasteiger partial charge on any atom is -0.393 e. The normalized spacial score (nSPS) is 12.1. The summed E-state index contributed by atoms with van der Waals surface area (Å²) in [4.78, 5) is 19.4. The van der Waals surface area contributed by atoms with E-state index in [-0.39, 0.29) is 11.5 Å². The first-order valence-electron chi connectivity index (χ1n) is 5.94. The Morgan fingerprint density at radius 1 is 1.58 bits per heavy atom. The van der Waals surface area contributed by atoms with Gasteiger partial charge >= 0.3 is 0 Å². The van der Waals surface area contributed by atoms with Crippen molar-refractivity contribution in [3.8, 4) is 0 Å². The fourth-order valence-electron chi connectivity index (χ4n) is 1.98. The molecule has 0 bridgehead atoms. The average molecular weight is 260 g/mol. The molecule has 0 fully saturated rings. The van der Waals surface area contributed by atoms with Crippen LogP contribution in [0.4, 0.5) is 0 Å². The standard InChI is InChI=1S/C12H16N6O/c1-7(2)9-10(8(4-13)5-14-3)17-12-15-6-16-18(12)11(9)19/h4-7,13-14H,1-3H3,(H,15,16,17)/b8-5+,13-4?. The van der Waals surface area contributed by atoms with Crippen molar-refractivity contribution in [3.63, 3.8) is 0 Å². The third kappa shape index (κ3) is 2.14. The summed E-state index contributed by atoms with van der Waals surface area (Å²) in [6, 6.07) is 0. The number of aromatic nitrogens is 4. The first-order valence-corrected chi connectivity index (χ1v) is 5.94. The van der Waals surface area contributed by atoms with E-state index in [0.29, 0.717) is 22.6 Å². The van der Waals surface area contributed by atoms with Crippen molar-refractivity contribution < 1.29 is 0 Å². The Kier molecular flexibility index (Phi) is 3.46. The maximum Gasteiger partial charge on any atom is 0.279 e. The SMILES string of the molecule is CN/C=C(\C=N)c1[nH]c2ncnn2c(=O)c1C(C)C. The fourth-order valence-corrected chi connectivity index (χ4v) is 1.98. The molecule has 7 heteroatoms. The van der Waals surface area contributed by atoms with Gasteiger partial charge in [0.15, 0.2) is 0 Å². The van der Waals surface area contributed by atoms with Gasteiger partial charge in [-0.05, 0) is 5.92 Å². The molecule has 0 aliphatic carbocycles. The minimum absolute atomic E-state index is 0.00700. The third-order valence-corrected chi connectivity index (χ3v) is 2.80. The van der Waals surface area contributed by atoms with Gasteiger partial charge in [-0.15, -0.1) is 0 Å². The molecule has 7 nitrogen and oxygen atoms in total. The Morgan fingerprint density at radius 3 is 2.89 bits per heavy atom. The number of hydrogen-bond acceptors (Lipinski definition) is 5. The first kappa shape index (κ1) is 13.0. The van der Waals surface area contributed by atoms with Crippen LogP contribution in [0.25, 0.3) is 11.4 Å². The zero-order chi connectivity index (χ0) is 14.0. The third-order valence-electron chi connectivity index (χ3n) is 2.80. The van der Waals surface area contributed by atoms with Crippen molar-refractivity contribution in [2.75, 3.05) is 7.05 Å². The zero-order valence-electron chi connectivity index (χ0n) is 11.1. The van der Waals surface area contributed by atoms with Gasteiger partial charge in [-0.1, -0.05) is 13.8 Å². The van der Waals surface area contributed by atoms with E-state index in [0.717, 1.165) is 0 Å². The van der Waals surface area contributed by atoms with Gasteiger partial charge in [0.2, 0.25) is 5.78 Å². The summed E-state index contributed by atoms with van der Waals surface area (Å²) in [6.45, 7) is 3.86. The van der Waals surface area contributed by atoms with Crippen LogP contribution in [0.15, 0.2) is 17.3 Å². The molecule has 2 heterocycles. The molecule has 2 aromatic rings. The van der Waals surface area contributed by atoms with Crippen molar-refractivity contribution in [1.29, 1.82) is 5.41 Å². The van der Waals surface area contributed by atoms with Gasteiger partial charge in [0, 0.05) is 30.6 Å². The molecule has 0 radical (unpaired) electrons. The number of allylic oxidation sites excluding steroid dienone is 1. The second-order valence-corrected chi connectivity index (χ2v) is 4.40. The van der Waals surface area contributed by atoms with Crippen molar-refractivity contribution >= 4 is 17.6 Å². The van der Waals surface area contributed by atoms with Gasteiger partial charge in [-0.25, -0.2) is 0 Å². The Bertz CT molecular complexity index is 694. The number of hydrogen-bond donors (Lipinski definition) is 3. The first-order chi connectivity index (χ1) is 9.10. The summed E-state index contributed by atoms with van der Waals surface area (Å²) < 4.78 is 1.24. The average Bonchev–Trinajstić information content (AvgIpc) is 2.83. The zero-order valence-corrected chi connectivity index (χ0v) is 11.1. The second kappa shape index (κ2) is 5.05. The van der Waals surface area contributed by atoms with E-state index in [1.54, 1.807) is 13.2 Å². The number of nitrogens with zero attached hydrogens (tertiary/aromatic N) is 3. The molecule has 0 atom stereocenters. The Hall–Kier alpha value is -2.44. The molecule has 2 rings (SSSR count). The molecule has 0 unspecified atom stereocenters. The summed E-state index contributed by atoms with van der Waals surface area (Å²) in [5.74, 6) is 0.376. The highest BCUT2D eigenvalue weighted by atomic mass is 16.1. The van der Waals surface area contributed by atoms with Gasteiger partial charge in [0.25, 0.3) is 5.56 Å². The van der Waals surface area contributed by atoms with Crippen LogP contribution < -0.4 is 10.9 Å². The van der Waals surface area contributed by atoms with Crippen molar-refractivity contribution in [1.82, 2.24) is 24.9 Å². The molecule has 0 saturated heterocycles. The van der Waals surface area contributed by atoms with E-state index in [4.69, 9.17) is 5.41 Å². The smallest absolute Gasteiger partial charge is 0.279 e. The van der Waals surface area contributed by atoms with Crippen LogP contribution in [-0.2, 0) is 0 Å². The number of rotatable bonds is 4. The Labute approximate surface area is 109 Å². The lowest BCUT2D eigenvalue weighted by Crippen LogP contribution is -2.24. The van der Waals surface area contributed by atoms with Gasteiger partial charge in [-0.3, -0.25) is 4.79 Å². The predicted octanol–water partition coefficient (Wildman–Crippen LogP) is 0.751. The van der Waals surface area contributed by atoms with Crippen LogP contribution in [0, 0.1) is 5.41 Å². The molecule has 0 amide bonds. The van der Waals surface area contributed by atoms with Crippen LogP contribution in [0.2, 0.25) is 0 Å². The number of aromatic amines is 1. The molecule has 2 aromatic heterocycles. The lowest BCUT2D eigenvalue weighted by molar-refractivity contribution is 0.788. The number of nitrogens with one attached hydrogen (secondary N) is 3. The molecule has 19 heavy (non-hydrogen) atoms. The van der Waals surface area contributed by atoms with Crippen molar-refractivity contribution in [3.05, 3.63) is 34.1 Å². The van der Waals surface area contributed by atoms with Crippen LogP contribution >= 0.6 is 0 Å². The number of H-pyrrole nitrogens is 1. The maximum absolute atomic E-state index is 12.4. The summed E-state index contributed by atoms with van der Waals surface area (Å²) in [5, 5.41) is 14.3. The Morgan fingerprint density at radius 2 is 2.32 bits per heavy atom. The fraction of sp³-hybridized carbons (Fsp3) is 0.333. The molecule has 100 valence electrons. The van der Waals surface area contributed by atoms with Gasteiger partial charge < -0.3 is 15.7 Å². The van der Waals surface area contributed by atoms with Gasteiger partial charge in [-0.2, -0.15) is 14.6 Å².